The van der Waals surface area contributed by atoms with E-state index in [0.717, 1.165) is 18.2 Å². The van der Waals surface area contributed by atoms with Crippen molar-refractivity contribution in [1.82, 2.24) is 15.0 Å². The molecule has 0 unspecified atom stereocenters. The molecule has 2 aromatic rings. The summed E-state index contributed by atoms with van der Waals surface area (Å²) in [6, 6.07) is 2.49. The van der Waals surface area contributed by atoms with Gasteiger partial charge in [-0.3, -0.25) is 10.1 Å². The van der Waals surface area contributed by atoms with Crippen LogP contribution >= 0.6 is 0 Å². The molecule has 2 rings (SSSR count). The second kappa shape index (κ2) is 5.30. The number of rotatable bonds is 4. The molecule has 0 saturated heterocycles. The number of benzene rings is 1. The lowest BCUT2D eigenvalue weighted by Crippen LogP contribution is -2.03. The molecule has 0 atom stereocenters. The minimum Gasteiger partial charge on any atom is -0.467 e. The molecule has 0 aliphatic rings. The van der Waals surface area contributed by atoms with Gasteiger partial charge in [-0.1, -0.05) is 0 Å². The fraction of sp³-hybridized carbons (Fsp3) is 0.100. The SMILES string of the molecule is COc1nc(N)nc(Oc2ccc([N+](=O)[O-])cc2F)n1. The zero-order valence-electron chi connectivity index (χ0n) is 10.1. The Morgan fingerprint density at radius 3 is 2.60 bits per heavy atom. The number of halogens is 1. The van der Waals surface area contributed by atoms with E-state index in [1.807, 2.05) is 0 Å². The van der Waals surface area contributed by atoms with Crippen LogP contribution in [0.4, 0.5) is 16.0 Å². The highest BCUT2D eigenvalue weighted by Crippen LogP contribution is 2.26. The van der Waals surface area contributed by atoms with Crippen LogP contribution in [-0.4, -0.2) is 27.0 Å². The molecule has 20 heavy (non-hydrogen) atoms. The first-order valence-electron chi connectivity index (χ1n) is 5.17. The quantitative estimate of drug-likeness (QED) is 0.656. The summed E-state index contributed by atoms with van der Waals surface area (Å²) in [5, 5.41) is 10.5. The average molecular weight is 281 g/mol. The smallest absolute Gasteiger partial charge is 0.330 e. The average Bonchev–Trinajstić information content (AvgIpc) is 2.40. The highest BCUT2D eigenvalue weighted by molar-refractivity contribution is 5.38. The summed E-state index contributed by atoms with van der Waals surface area (Å²) in [5.41, 5.74) is 4.98. The molecule has 0 radical (unpaired) electrons. The maximum atomic E-state index is 13.6. The third-order valence-electron chi connectivity index (χ3n) is 2.12. The first-order chi connectivity index (χ1) is 9.49. The number of nitrogen functional groups attached to an aromatic ring is 1. The van der Waals surface area contributed by atoms with Crippen molar-refractivity contribution in [1.29, 1.82) is 0 Å². The van der Waals surface area contributed by atoms with Gasteiger partial charge in [0.05, 0.1) is 18.1 Å². The van der Waals surface area contributed by atoms with Crippen LogP contribution in [0.1, 0.15) is 0 Å². The zero-order chi connectivity index (χ0) is 14.7. The van der Waals surface area contributed by atoms with Crippen molar-refractivity contribution in [2.75, 3.05) is 12.8 Å². The molecule has 0 aliphatic heterocycles. The van der Waals surface area contributed by atoms with E-state index >= 15 is 0 Å². The van der Waals surface area contributed by atoms with Gasteiger partial charge in [0.25, 0.3) is 5.69 Å². The highest BCUT2D eigenvalue weighted by Gasteiger charge is 2.14. The summed E-state index contributed by atoms with van der Waals surface area (Å²) in [4.78, 5) is 20.7. The molecule has 1 heterocycles. The molecular weight excluding hydrogens is 273 g/mol. The largest absolute Gasteiger partial charge is 0.467 e. The number of hydrogen-bond donors (Lipinski definition) is 1. The third kappa shape index (κ3) is 2.85. The van der Waals surface area contributed by atoms with Crippen LogP contribution in [-0.2, 0) is 0 Å². The van der Waals surface area contributed by atoms with Gasteiger partial charge in [0.1, 0.15) is 0 Å². The van der Waals surface area contributed by atoms with Crippen LogP contribution in [0, 0.1) is 15.9 Å². The second-order valence-electron chi connectivity index (χ2n) is 3.44. The van der Waals surface area contributed by atoms with Crippen molar-refractivity contribution in [3.63, 3.8) is 0 Å². The number of nitrogens with two attached hydrogens (primary N) is 1. The molecule has 0 bridgehead atoms. The van der Waals surface area contributed by atoms with Crippen LogP contribution in [0.2, 0.25) is 0 Å². The number of nitrogens with zero attached hydrogens (tertiary/aromatic N) is 4. The molecule has 0 amide bonds. The molecule has 0 aliphatic carbocycles. The summed E-state index contributed by atoms with van der Waals surface area (Å²) < 4.78 is 23.4. The van der Waals surface area contributed by atoms with Crippen LogP contribution in [0.15, 0.2) is 18.2 Å². The molecular formula is C10H8FN5O4. The van der Waals surface area contributed by atoms with Gasteiger partial charge in [0, 0.05) is 6.07 Å². The summed E-state index contributed by atoms with van der Waals surface area (Å²) >= 11 is 0. The molecule has 0 fully saturated rings. The maximum Gasteiger partial charge on any atom is 0.330 e. The Labute approximate surface area is 111 Å². The molecule has 2 N–H and O–H groups in total. The minimum absolute atomic E-state index is 0.102. The van der Waals surface area contributed by atoms with E-state index in [0.29, 0.717) is 0 Å². The number of methoxy groups -OCH3 is 1. The van der Waals surface area contributed by atoms with E-state index in [-0.39, 0.29) is 23.7 Å². The lowest BCUT2D eigenvalue weighted by molar-refractivity contribution is -0.385. The van der Waals surface area contributed by atoms with Crippen molar-refractivity contribution in [3.8, 4) is 17.8 Å². The van der Waals surface area contributed by atoms with Gasteiger partial charge in [0.15, 0.2) is 11.6 Å². The predicted octanol–water partition coefficient (Wildman–Crippen LogP) is 1.30. The minimum atomic E-state index is -0.933. The Morgan fingerprint density at radius 1 is 1.30 bits per heavy atom. The zero-order valence-corrected chi connectivity index (χ0v) is 10.1. The Bertz CT molecular complexity index is 666. The van der Waals surface area contributed by atoms with Gasteiger partial charge in [-0.05, 0) is 6.07 Å². The number of ether oxygens (including phenoxy) is 2. The van der Waals surface area contributed by atoms with Crippen LogP contribution in [0.3, 0.4) is 0 Å². The van der Waals surface area contributed by atoms with E-state index in [1.54, 1.807) is 0 Å². The van der Waals surface area contributed by atoms with Gasteiger partial charge in [-0.15, -0.1) is 4.98 Å². The molecule has 1 aromatic carbocycles. The van der Waals surface area contributed by atoms with Crippen molar-refractivity contribution in [3.05, 3.63) is 34.1 Å². The number of anilines is 1. The molecule has 0 spiro atoms. The summed E-state index contributed by atoms with van der Waals surface area (Å²) in [5.74, 6) is -1.39. The maximum absolute atomic E-state index is 13.6. The fourth-order valence-electron chi connectivity index (χ4n) is 1.27. The summed E-state index contributed by atoms with van der Waals surface area (Å²) in [7, 11) is 1.31. The summed E-state index contributed by atoms with van der Waals surface area (Å²) in [6.07, 6.45) is 0. The van der Waals surface area contributed by atoms with E-state index < -0.39 is 16.4 Å². The molecule has 9 nitrogen and oxygen atoms in total. The predicted molar refractivity (Wildman–Crippen MR) is 63.9 cm³/mol. The van der Waals surface area contributed by atoms with Crippen molar-refractivity contribution in [2.24, 2.45) is 0 Å². The normalized spacial score (nSPS) is 10.1. The Kier molecular flexibility index (Phi) is 3.55. The molecule has 1 aromatic heterocycles. The fourth-order valence-corrected chi connectivity index (χ4v) is 1.27. The lowest BCUT2D eigenvalue weighted by atomic mass is 10.3. The highest BCUT2D eigenvalue weighted by atomic mass is 19.1. The second-order valence-corrected chi connectivity index (χ2v) is 3.44. The Balaban J connectivity index is 2.30. The number of non-ortho nitro benzene ring substituents is 1. The molecule has 0 saturated carbocycles. The van der Waals surface area contributed by atoms with Crippen LogP contribution < -0.4 is 15.2 Å². The van der Waals surface area contributed by atoms with Gasteiger partial charge in [-0.2, -0.15) is 9.97 Å². The monoisotopic (exact) mass is 281 g/mol. The Hall–Kier alpha value is -3.04. The van der Waals surface area contributed by atoms with Crippen molar-refractivity contribution in [2.45, 2.75) is 0 Å². The first-order valence-corrected chi connectivity index (χ1v) is 5.17. The number of nitro benzene ring substituents is 1. The molecule has 104 valence electrons. The van der Waals surface area contributed by atoms with E-state index in [4.69, 9.17) is 15.2 Å². The van der Waals surface area contributed by atoms with Gasteiger partial charge in [-0.25, -0.2) is 4.39 Å². The van der Waals surface area contributed by atoms with E-state index in [2.05, 4.69) is 15.0 Å². The van der Waals surface area contributed by atoms with Gasteiger partial charge >= 0.3 is 12.0 Å². The first kappa shape index (κ1) is 13.4. The van der Waals surface area contributed by atoms with Crippen LogP contribution in [0.5, 0.6) is 17.8 Å². The third-order valence-corrected chi connectivity index (χ3v) is 2.12. The number of nitro groups is 1. The number of aromatic nitrogens is 3. The van der Waals surface area contributed by atoms with E-state index in [9.17, 15) is 14.5 Å². The lowest BCUT2D eigenvalue weighted by Gasteiger charge is -2.06. The summed E-state index contributed by atoms with van der Waals surface area (Å²) in [6.45, 7) is 0. The standard InChI is InChI=1S/C10H8FN5O4/c1-19-9-13-8(12)14-10(15-9)20-7-3-2-5(16(17)18)4-6(7)11/h2-4H,1H3,(H2,12,13,14,15). The molecule has 10 heteroatoms. The number of hydrogen-bond acceptors (Lipinski definition) is 8. The Morgan fingerprint density at radius 2 is 2.00 bits per heavy atom. The van der Waals surface area contributed by atoms with Gasteiger partial charge < -0.3 is 15.2 Å². The van der Waals surface area contributed by atoms with Crippen molar-refractivity contribution >= 4 is 11.6 Å². The van der Waals surface area contributed by atoms with E-state index in [1.165, 1.54) is 7.11 Å². The van der Waals surface area contributed by atoms with Gasteiger partial charge in [0.2, 0.25) is 5.95 Å². The van der Waals surface area contributed by atoms with Crippen LogP contribution in [0.25, 0.3) is 0 Å². The van der Waals surface area contributed by atoms with Crippen molar-refractivity contribution < 1.29 is 18.8 Å². The topological polar surface area (TPSA) is 126 Å².